The third-order valence-corrected chi connectivity index (χ3v) is 2.98. The summed E-state index contributed by atoms with van der Waals surface area (Å²) >= 11 is 6.29. The van der Waals surface area contributed by atoms with Crippen LogP contribution >= 0.6 is 11.6 Å². The summed E-state index contributed by atoms with van der Waals surface area (Å²) in [5, 5.41) is 7.45. The predicted molar refractivity (Wildman–Crippen MR) is 70.0 cm³/mol. The van der Waals surface area contributed by atoms with Crippen molar-refractivity contribution in [2.75, 3.05) is 6.54 Å². The molecule has 90 valence electrons. The molecule has 2 aromatic rings. The van der Waals surface area contributed by atoms with Crippen molar-refractivity contribution in [3.05, 3.63) is 53.9 Å². The summed E-state index contributed by atoms with van der Waals surface area (Å²) in [6.07, 6.45) is 3.86. The lowest BCUT2D eigenvalue weighted by molar-refractivity contribution is 0.673. The lowest BCUT2D eigenvalue weighted by Gasteiger charge is -2.10. The number of aromatic nitrogens is 2. The molecule has 1 heterocycles. The first-order chi connectivity index (χ1) is 8.25. The molecule has 0 amide bonds. The van der Waals surface area contributed by atoms with Gasteiger partial charge in [-0.1, -0.05) is 30.3 Å². The van der Waals surface area contributed by atoms with E-state index in [0.29, 0.717) is 0 Å². The van der Waals surface area contributed by atoms with Crippen molar-refractivity contribution in [1.29, 1.82) is 0 Å². The van der Waals surface area contributed by atoms with Crippen molar-refractivity contribution in [3.63, 3.8) is 0 Å². The second-order valence-corrected chi connectivity index (χ2v) is 4.56. The fourth-order valence-electron chi connectivity index (χ4n) is 1.69. The van der Waals surface area contributed by atoms with Gasteiger partial charge in [-0.05, 0) is 5.56 Å². The Labute approximate surface area is 106 Å². The average molecular weight is 250 g/mol. The van der Waals surface area contributed by atoms with Crippen LogP contribution in [0.1, 0.15) is 16.5 Å². The van der Waals surface area contributed by atoms with E-state index in [1.165, 1.54) is 5.56 Å². The fourth-order valence-corrected chi connectivity index (χ4v) is 1.94. The number of rotatable bonds is 5. The summed E-state index contributed by atoms with van der Waals surface area (Å²) in [4.78, 5) is 0. The molecule has 2 rings (SSSR count). The molecule has 4 heteroatoms. The van der Waals surface area contributed by atoms with Crippen molar-refractivity contribution in [1.82, 2.24) is 15.1 Å². The third-order valence-electron chi connectivity index (χ3n) is 2.57. The van der Waals surface area contributed by atoms with Crippen LogP contribution in [-0.2, 0) is 13.6 Å². The maximum absolute atomic E-state index is 6.29. The Bertz CT molecular complexity index is 453. The highest BCUT2D eigenvalue weighted by Crippen LogP contribution is 2.18. The highest BCUT2D eigenvalue weighted by molar-refractivity contribution is 6.21. The van der Waals surface area contributed by atoms with Gasteiger partial charge in [-0.25, -0.2) is 0 Å². The Morgan fingerprint density at radius 3 is 2.76 bits per heavy atom. The van der Waals surface area contributed by atoms with Crippen LogP contribution in [0.15, 0.2) is 42.7 Å². The van der Waals surface area contributed by atoms with Gasteiger partial charge in [0, 0.05) is 31.9 Å². The molecular weight excluding hydrogens is 234 g/mol. The molecule has 0 fully saturated rings. The van der Waals surface area contributed by atoms with Gasteiger partial charge in [0.25, 0.3) is 0 Å². The summed E-state index contributed by atoms with van der Waals surface area (Å²) in [6, 6.07) is 10.1. The molecule has 17 heavy (non-hydrogen) atoms. The van der Waals surface area contributed by atoms with Gasteiger partial charge in [-0.2, -0.15) is 5.10 Å². The number of halogens is 1. The minimum Gasteiger partial charge on any atom is -0.311 e. The molecule has 0 saturated carbocycles. The molecule has 1 aromatic carbocycles. The number of benzene rings is 1. The largest absolute Gasteiger partial charge is 0.311 e. The van der Waals surface area contributed by atoms with E-state index in [1.54, 1.807) is 4.68 Å². The van der Waals surface area contributed by atoms with E-state index in [0.717, 1.165) is 18.7 Å². The van der Waals surface area contributed by atoms with Crippen LogP contribution in [0.5, 0.6) is 0 Å². The van der Waals surface area contributed by atoms with Crippen LogP contribution in [0.25, 0.3) is 0 Å². The van der Waals surface area contributed by atoms with Gasteiger partial charge in [-0.15, -0.1) is 11.6 Å². The fraction of sp³-hybridized carbons (Fsp3) is 0.308. The van der Waals surface area contributed by atoms with E-state index in [4.69, 9.17) is 11.6 Å². The van der Waals surface area contributed by atoms with Crippen LogP contribution in [-0.4, -0.2) is 16.3 Å². The van der Waals surface area contributed by atoms with Crippen molar-refractivity contribution in [2.45, 2.75) is 11.9 Å². The summed E-state index contributed by atoms with van der Waals surface area (Å²) in [7, 11) is 1.91. The van der Waals surface area contributed by atoms with Crippen molar-refractivity contribution in [3.8, 4) is 0 Å². The SMILES string of the molecule is Cn1cc(CNCC(Cl)c2ccccc2)cn1. The number of hydrogen-bond donors (Lipinski definition) is 1. The minimum atomic E-state index is 0.00729. The number of hydrogen-bond acceptors (Lipinski definition) is 2. The Hall–Kier alpha value is -1.32. The van der Waals surface area contributed by atoms with Gasteiger partial charge in [0.05, 0.1) is 11.6 Å². The molecule has 1 N–H and O–H groups in total. The highest BCUT2D eigenvalue weighted by atomic mass is 35.5. The standard InChI is InChI=1S/C13H16ClN3/c1-17-10-11(8-16-17)7-15-9-13(14)12-5-3-2-4-6-12/h2-6,8,10,13,15H,7,9H2,1H3. The zero-order valence-corrected chi connectivity index (χ0v) is 10.6. The summed E-state index contributed by atoms with van der Waals surface area (Å²) in [6.45, 7) is 1.55. The maximum atomic E-state index is 6.29. The lowest BCUT2D eigenvalue weighted by atomic mass is 10.1. The summed E-state index contributed by atoms with van der Waals surface area (Å²) < 4.78 is 1.80. The Morgan fingerprint density at radius 1 is 1.35 bits per heavy atom. The molecule has 1 atom stereocenters. The van der Waals surface area contributed by atoms with Gasteiger partial charge < -0.3 is 5.32 Å². The number of aryl methyl sites for hydroxylation is 1. The molecule has 3 nitrogen and oxygen atoms in total. The first kappa shape index (κ1) is 12.1. The van der Waals surface area contributed by atoms with Gasteiger partial charge in [0.2, 0.25) is 0 Å². The van der Waals surface area contributed by atoms with Crippen molar-refractivity contribution >= 4 is 11.6 Å². The van der Waals surface area contributed by atoms with E-state index in [1.807, 2.05) is 49.8 Å². The molecule has 0 spiro atoms. The molecule has 0 bridgehead atoms. The van der Waals surface area contributed by atoms with Gasteiger partial charge >= 0.3 is 0 Å². The number of nitrogens with zero attached hydrogens (tertiary/aromatic N) is 2. The van der Waals surface area contributed by atoms with Gasteiger partial charge in [0.1, 0.15) is 0 Å². The van der Waals surface area contributed by atoms with E-state index < -0.39 is 0 Å². The zero-order chi connectivity index (χ0) is 12.1. The third kappa shape index (κ3) is 3.58. The first-order valence-corrected chi connectivity index (χ1v) is 6.06. The Kier molecular flexibility index (Phi) is 4.18. The van der Waals surface area contributed by atoms with Gasteiger partial charge in [0.15, 0.2) is 0 Å². The molecule has 0 aliphatic rings. The molecular formula is C13H16ClN3. The zero-order valence-electron chi connectivity index (χ0n) is 9.81. The van der Waals surface area contributed by atoms with E-state index in [2.05, 4.69) is 10.4 Å². The van der Waals surface area contributed by atoms with E-state index in [-0.39, 0.29) is 5.38 Å². The molecule has 0 aliphatic heterocycles. The van der Waals surface area contributed by atoms with Crippen LogP contribution in [0, 0.1) is 0 Å². The minimum absolute atomic E-state index is 0.00729. The van der Waals surface area contributed by atoms with Crippen LogP contribution in [0.4, 0.5) is 0 Å². The smallest absolute Gasteiger partial charge is 0.0709 e. The maximum Gasteiger partial charge on any atom is 0.0709 e. The molecule has 0 radical (unpaired) electrons. The highest BCUT2D eigenvalue weighted by Gasteiger charge is 2.06. The monoisotopic (exact) mass is 249 g/mol. The summed E-state index contributed by atoms with van der Waals surface area (Å²) in [5.74, 6) is 0. The van der Waals surface area contributed by atoms with E-state index in [9.17, 15) is 0 Å². The Balaban J connectivity index is 1.79. The van der Waals surface area contributed by atoms with Crippen molar-refractivity contribution < 1.29 is 0 Å². The normalized spacial score (nSPS) is 12.6. The van der Waals surface area contributed by atoms with Crippen molar-refractivity contribution in [2.24, 2.45) is 7.05 Å². The van der Waals surface area contributed by atoms with Crippen LogP contribution in [0.3, 0.4) is 0 Å². The molecule has 0 aliphatic carbocycles. The number of alkyl halides is 1. The molecule has 0 saturated heterocycles. The molecule has 1 aromatic heterocycles. The topological polar surface area (TPSA) is 29.9 Å². The first-order valence-electron chi connectivity index (χ1n) is 5.63. The quantitative estimate of drug-likeness (QED) is 0.826. The van der Waals surface area contributed by atoms with E-state index >= 15 is 0 Å². The van der Waals surface area contributed by atoms with Crippen LogP contribution < -0.4 is 5.32 Å². The molecule has 1 unspecified atom stereocenters. The lowest BCUT2D eigenvalue weighted by Crippen LogP contribution is -2.18. The van der Waals surface area contributed by atoms with Crippen LogP contribution in [0.2, 0.25) is 0 Å². The average Bonchev–Trinajstić information content (AvgIpc) is 2.76. The Morgan fingerprint density at radius 2 is 2.12 bits per heavy atom. The second kappa shape index (κ2) is 5.84. The predicted octanol–water partition coefficient (Wildman–Crippen LogP) is 2.49. The second-order valence-electron chi connectivity index (χ2n) is 4.03. The van der Waals surface area contributed by atoms with Gasteiger partial charge in [-0.3, -0.25) is 4.68 Å². The summed E-state index contributed by atoms with van der Waals surface area (Å²) in [5.41, 5.74) is 2.32. The number of nitrogens with one attached hydrogen (secondary N) is 1.